The highest BCUT2D eigenvalue weighted by molar-refractivity contribution is 7.91. The Labute approximate surface area is 183 Å². The maximum absolute atomic E-state index is 13.0. The van der Waals surface area contributed by atoms with E-state index in [1.165, 1.54) is 28.6 Å². The van der Waals surface area contributed by atoms with Crippen LogP contribution in [0.25, 0.3) is 10.9 Å². The average molecular weight is 460 g/mol. The van der Waals surface area contributed by atoms with E-state index in [0.717, 1.165) is 16.5 Å². The van der Waals surface area contributed by atoms with Crippen LogP contribution in [-0.4, -0.2) is 63.0 Å². The number of hydrogen-bond donors (Lipinski definition) is 0. The summed E-state index contributed by atoms with van der Waals surface area (Å²) in [6, 6.07) is 15.6. The van der Waals surface area contributed by atoms with Crippen molar-refractivity contribution >= 4 is 30.8 Å². The Morgan fingerprint density at radius 3 is 2.16 bits per heavy atom. The highest BCUT2D eigenvalue weighted by Gasteiger charge is 2.29. The molecule has 7 nitrogen and oxygen atoms in total. The number of hydrogen-bond acceptors (Lipinski definition) is 6. The lowest BCUT2D eigenvalue weighted by molar-refractivity contribution is 0.182. The molecule has 0 N–H and O–H groups in total. The number of benzene rings is 2. The van der Waals surface area contributed by atoms with Crippen molar-refractivity contribution in [1.82, 2.24) is 14.2 Å². The number of nitrogens with zero attached hydrogens (tertiary/aromatic N) is 3. The molecular formula is C22H25N3O4S2. The predicted molar refractivity (Wildman–Crippen MR) is 120 cm³/mol. The molecule has 3 aromatic rings. The van der Waals surface area contributed by atoms with E-state index < -0.39 is 19.9 Å². The number of rotatable bonds is 6. The Kier molecular flexibility index (Phi) is 6.11. The van der Waals surface area contributed by atoms with Crippen LogP contribution in [0.2, 0.25) is 0 Å². The molecule has 4 rings (SSSR count). The van der Waals surface area contributed by atoms with Crippen LogP contribution < -0.4 is 0 Å². The van der Waals surface area contributed by atoms with Crippen LogP contribution in [0.3, 0.4) is 0 Å². The van der Waals surface area contributed by atoms with Crippen LogP contribution in [0.1, 0.15) is 12.5 Å². The maximum atomic E-state index is 13.0. The van der Waals surface area contributed by atoms with Gasteiger partial charge in [0.1, 0.15) is 0 Å². The number of sulfonamides is 1. The van der Waals surface area contributed by atoms with Crippen molar-refractivity contribution in [1.29, 1.82) is 0 Å². The van der Waals surface area contributed by atoms with Gasteiger partial charge >= 0.3 is 0 Å². The van der Waals surface area contributed by atoms with Gasteiger partial charge in [0.05, 0.1) is 21.1 Å². The lowest BCUT2D eigenvalue weighted by atomic mass is 10.1. The standard InChI is InChI=1S/C22H25N3O4S2/c1-2-30(26,27)20-8-10-21(11-9-20)31(28,29)25-15-13-24(14-16-25)17-19-6-3-5-18-7-4-12-23-22(18)19/h3-12H,2,13-17H2,1H3. The first kappa shape index (κ1) is 21.9. The summed E-state index contributed by atoms with van der Waals surface area (Å²) >= 11 is 0. The molecule has 0 bridgehead atoms. The zero-order valence-electron chi connectivity index (χ0n) is 17.3. The first-order valence-corrected chi connectivity index (χ1v) is 13.3. The summed E-state index contributed by atoms with van der Waals surface area (Å²) in [5.41, 5.74) is 2.10. The Balaban J connectivity index is 1.44. The Bertz CT molecular complexity index is 1280. The van der Waals surface area contributed by atoms with Crippen molar-refractivity contribution < 1.29 is 16.8 Å². The minimum atomic E-state index is -3.66. The minimum Gasteiger partial charge on any atom is -0.296 e. The van der Waals surface area contributed by atoms with Gasteiger partial charge < -0.3 is 0 Å². The van der Waals surface area contributed by atoms with Gasteiger partial charge in [-0.2, -0.15) is 4.31 Å². The Hall–Kier alpha value is -2.33. The zero-order chi connectivity index (χ0) is 22.1. The van der Waals surface area contributed by atoms with E-state index in [4.69, 9.17) is 0 Å². The molecule has 2 aromatic carbocycles. The molecule has 1 aromatic heterocycles. The van der Waals surface area contributed by atoms with Crippen LogP contribution in [-0.2, 0) is 26.4 Å². The number of fused-ring (bicyclic) bond motifs is 1. The highest BCUT2D eigenvalue weighted by atomic mass is 32.2. The van der Waals surface area contributed by atoms with Crippen molar-refractivity contribution in [2.75, 3.05) is 31.9 Å². The summed E-state index contributed by atoms with van der Waals surface area (Å²) < 4.78 is 51.4. The van der Waals surface area contributed by atoms with Crippen molar-refractivity contribution in [2.45, 2.75) is 23.3 Å². The second kappa shape index (κ2) is 8.66. The largest absolute Gasteiger partial charge is 0.296 e. The van der Waals surface area contributed by atoms with Gasteiger partial charge in [-0.1, -0.05) is 31.2 Å². The zero-order valence-corrected chi connectivity index (χ0v) is 18.9. The molecule has 0 aliphatic carbocycles. The molecule has 1 saturated heterocycles. The van der Waals surface area contributed by atoms with Crippen molar-refractivity contribution in [3.63, 3.8) is 0 Å². The fourth-order valence-corrected chi connectivity index (χ4v) is 6.10. The predicted octanol–water partition coefficient (Wildman–Crippen LogP) is 2.53. The molecule has 2 heterocycles. The molecule has 1 aliphatic rings. The normalized spacial score (nSPS) is 16.5. The number of piperazine rings is 1. The van der Waals surface area contributed by atoms with E-state index >= 15 is 0 Å². The molecule has 0 radical (unpaired) electrons. The summed E-state index contributed by atoms with van der Waals surface area (Å²) in [6.07, 6.45) is 1.79. The fourth-order valence-electron chi connectivity index (χ4n) is 3.80. The topological polar surface area (TPSA) is 87.6 Å². The lowest BCUT2D eigenvalue weighted by Crippen LogP contribution is -2.48. The van der Waals surface area contributed by atoms with Gasteiger partial charge in [-0.25, -0.2) is 16.8 Å². The van der Waals surface area contributed by atoms with Gasteiger partial charge in [-0.05, 0) is 35.9 Å². The second-order valence-corrected chi connectivity index (χ2v) is 11.8. The van der Waals surface area contributed by atoms with Gasteiger partial charge in [0.2, 0.25) is 10.0 Å². The first-order chi connectivity index (χ1) is 14.8. The van der Waals surface area contributed by atoms with E-state index in [1.54, 1.807) is 13.1 Å². The van der Waals surface area contributed by atoms with E-state index in [-0.39, 0.29) is 15.5 Å². The highest BCUT2D eigenvalue weighted by Crippen LogP contribution is 2.22. The maximum Gasteiger partial charge on any atom is 0.243 e. The third-order valence-electron chi connectivity index (χ3n) is 5.64. The van der Waals surface area contributed by atoms with Crippen molar-refractivity contribution in [2.24, 2.45) is 0 Å². The lowest BCUT2D eigenvalue weighted by Gasteiger charge is -2.34. The number of para-hydroxylation sites is 1. The van der Waals surface area contributed by atoms with E-state index in [2.05, 4.69) is 16.0 Å². The van der Waals surface area contributed by atoms with Gasteiger partial charge in [0, 0.05) is 44.3 Å². The molecule has 1 aliphatic heterocycles. The van der Waals surface area contributed by atoms with Crippen LogP contribution in [0, 0.1) is 0 Å². The average Bonchev–Trinajstić information content (AvgIpc) is 2.80. The number of aromatic nitrogens is 1. The molecular weight excluding hydrogens is 434 g/mol. The van der Waals surface area contributed by atoms with Gasteiger partial charge in [0.15, 0.2) is 9.84 Å². The number of pyridine rings is 1. The second-order valence-electron chi connectivity index (χ2n) is 7.55. The summed E-state index contributed by atoms with van der Waals surface area (Å²) in [4.78, 5) is 6.98. The van der Waals surface area contributed by atoms with Crippen molar-refractivity contribution in [3.05, 3.63) is 66.4 Å². The molecule has 1 fully saturated rings. The van der Waals surface area contributed by atoms with E-state index in [1.807, 2.05) is 24.3 Å². The summed E-state index contributed by atoms with van der Waals surface area (Å²) in [6.45, 7) is 4.28. The minimum absolute atomic E-state index is 0.0206. The van der Waals surface area contributed by atoms with Gasteiger partial charge in [-0.3, -0.25) is 9.88 Å². The molecule has 0 saturated carbocycles. The van der Waals surface area contributed by atoms with E-state index in [9.17, 15) is 16.8 Å². The van der Waals surface area contributed by atoms with Crippen LogP contribution in [0.4, 0.5) is 0 Å². The SMILES string of the molecule is CCS(=O)(=O)c1ccc(S(=O)(=O)N2CCN(Cc3cccc4cccnc34)CC2)cc1. The Morgan fingerprint density at radius 2 is 1.48 bits per heavy atom. The summed E-state index contributed by atoms with van der Waals surface area (Å²) in [5.74, 6) is -0.0206. The van der Waals surface area contributed by atoms with Gasteiger partial charge in [-0.15, -0.1) is 0 Å². The molecule has 0 unspecified atom stereocenters. The monoisotopic (exact) mass is 459 g/mol. The molecule has 0 spiro atoms. The van der Waals surface area contributed by atoms with Gasteiger partial charge in [0.25, 0.3) is 0 Å². The Morgan fingerprint density at radius 1 is 0.839 bits per heavy atom. The smallest absolute Gasteiger partial charge is 0.243 e. The van der Waals surface area contributed by atoms with E-state index in [0.29, 0.717) is 32.7 Å². The third-order valence-corrected chi connectivity index (χ3v) is 9.31. The molecule has 0 atom stereocenters. The molecule has 0 amide bonds. The van der Waals surface area contributed by atoms with Crippen molar-refractivity contribution in [3.8, 4) is 0 Å². The fraction of sp³-hybridized carbons (Fsp3) is 0.318. The molecule has 9 heteroatoms. The molecule has 164 valence electrons. The third kappa shape index (κ3) is 4.50. The quantitative estimate of drug-likeness (QED) is 0.563. The number of sulfone groups is 1. The summed E-state index contributed by atoms with van der Waals surface area (Å²) in [5, 5.41) is 1.09. The molecule has 31 heavy (non-hydrogen) atoms. The van der Waals surface area contributed by atoms with Crippen LogP contribution >= 0.6 is 0 Å². The van der Waals surface area contributed by atoms with Crippen LogP contribution in [0.5, 0.6) is 0 Å². The van der Waals surface area contributed by atoms with Crippen LogP contribution in [0.15, 0.2) is 70.6 Å². The summed E-state index contributed by atoms with van der Waals surface area (Å²) in [7, 11) is -7.02. The first-order valence-electron chi connectivity index (χ1n) is 10.2.